The van der Waals surface area contributed by atoms with Gasteiger partial charge < -0.3 is 5.73 Å². The molecule has 1 fully saturated rings. The molecule has 3 nitrogen and oxygen atoms in total. The lowest BCUT2D eigenvalue weighted by molar-refractivity contribution is 0.539. The van der Waals surface area contributed by atoms with Gasteiger partial charge in [0.05, 0.1) is 17.3 Å². The SMILES string of the molecule is NC1(c2ncc3cccc(F)n23)CC1. The Morgan fingerprint density at radius 3 is 2.93 bits per heavy atom. The molecule has 1 aliphatic rings. The van der Waals surface area contributed by atoms with Crippen molar-refractivity contribution < 1.29 is 4.39 Å². The number of hydrogen-bond acceptors (Lipinski definition) is 2. The minimum atomic E-state index is -0.394. The molecule has 2 aromatic rings. The van der Waals surface area contributed by atoms with Crippen LogP contribution in [0.4, 0.5) is 4.39 Å². The van der Waals surface area contributed by atoms with Crippen molar-refractivity contribution in [3.63, 3.8) is 0 Å². The van der Waals surface area contributed by atoms with Gasteiger partial charge in [0.2, 0.25) is 0 Å². The smallest absolute Gasteiger partial charge is 0.199 e. The third-order valence-corrected chi connectivity index (χ3v) is 2.74. The molecule has 72 valence electrons. The zero-order valence-electron chi connectivity index (χ0n) is 7.57. The van der Waals surface area contributed by atoms with E-state index in [0.29, 0.717) is 5.82 Å². The molecular formula is C10H10FN3. The highest BCUT2D eigenvalue weighted by atomic mass is 19.1. The molecular weight excluding hydrogens is 181 g/mol. The van der Waals surface area contributed by atoms with Crippen molar-refractivity contribution in [2.75, 3.05) is 0 Å². The van der Waals surface area contributed by atoms with Gasteiger partial charge in [-0.05, 0) is 25.0 Å². The summed E-state index contributed by atoms with van der Waals surface area (Å²) in [6.07, 6.45) is 3.44. The van der Waals surface area contributed by atoms with Gasteiger partial charge in [-0.3, -0.25) is 4.40 Å². The fourth-order valence-electron chi connectivity index (χ4n) is 1.72. The van der Waals surface area contributed by atoms with Gasteiger partial charge in [0.25, 0.3) is 0 Å². The topological polar surface area (TPSA) is 43.3 Å². The largest absolute Gasteiger partial charge is 0.319 e. The lowest BCUT2D eigenvalue weighted by atomic mass is 10.3. The highest BCUT2D eigenvalue weighted by Crippen LogP contribution is 2.42. The Morgan fingerprint density at radius 1 is 1.43 bits per heavy atom. The van der Waals surface area contributed by atoms with Crippen molar-refractivity contribution in [1.82, 2.24) is 9.38 Å². The molecule has 0 aromatic carbocycles. The second-order valence-corrected chi connectivity index (χ2v) is 3.85. The van der Waals surface area contributed by atoms with E-state index in [-0.39, 0.29) is 5.95 Å². The van der Waals surface area contributed by atoms with Crippen LogP contribution in [-0.2, 0) is 5.54 Å². The first-order valence-corrected chi connectivity index (χ1v) is 4.62. The van der Waals surface area contributed by atoms with Crippen LogP contribution in [0.3, 0.4) is 0 Å². The number of rotatable bonds is 1. The Kier molecular flexibility index (Phi) is 1.32. The minimum Gasteiger partial charge on any atom is -0.319 e. The van der Waals surface area contributed by atoms with Gasteiger partial charge in [0, 0.05) is 0 Å². The predicted octanol–water partition coefficient (Wildman–Crippen LogP) is 1.42. The van der Waals surface area contributed by atoms with Crippen LogP contribution in [-0.4, -0.2) is 9.38 Å². The summed E-state index contributed by atoms with van der Waals surface area (Å²) in [5, 5.41) is 0. The maximum Gasteiger partial charge on any atom is 0.199 e. The van der Waals surface area contributed by atoms with E-state index in [4.69, 9.17) is 5.73 Å². The fraction of sp³-hybridized carbons (Fsp3) is 0.300. The monoisotopic (exact) mass is 191 g/mol. The van der Waals surface area contributed by atoms with Crippen molar-refractivity contribution in [1.29, 1.82) is 0 Å². The third kappa shape index (κ3) is 0.915. The molecule has 0 amide bonds. The fourth-order valence-corrected chi connectivity index (χ4v) is 1.72. The summed E-state index contributed by atoms with van der Waals surface area (Å²) < 4.78 is 15.0. The first-order chi connectivity index (χ1) is 6.71. The molecule has 2 N–H and O–H groups in total. The van der Waals surface area contributed by atoms with E-state index in [1.54, 1.807) is 12.3 Å². The Balaban J connectivity index is 2.35. The zero-order valence-corrected chi connectivity index (χ0v) is 7.57. The van der Waals surface area contributed by atoms with Crippen LogP contribution in [0, 0.1) is 5.95 Å². The van der Waals surface area contributed by atoms with Crippen molar-refractivity contribution in [3.8, 4) is 0 Å². The molecule has 0 atom stereocenters. The molecule has 0 bridgehead atoms. The van der Waals surface area contributed by atoms with Crippen molar-refractivity contribution in [2.45, 2.75) is 18.4 Å². The summed E-state index contributed by atoms with van der Waals surface area (Å²) in [6, 6.07) is 4.92. The van der Waals surface area contributed by atoms with Gasteiger partial charge in [-0.15, -0.1) is 0 Å². The summed E-state index contributed by atoms with van der Waals surface area (Å²) in [5.41, 5.74) is 6.36. The molecule has 1 saturated carbocycles. The maximum absolute atomic E-state index is 13.5. The summed E-state index contributed by atoms with van der Waals surface area (Å²) in [4.78, 5) is 4.19. The van der Waals surface area contributed by atoms with Gasteiger partial charge in [-0.1, -0.05) is 6.07 Å². The Morgan fingerprint density at radius 2 is 2.21 bits per heavy atom. The number of halogens is 1. The number of pyridine rings is 1. The Bertz CT molecular complexity index is 499. The van der Waals surface area contributed by atoms with Crippen molar-refractivity contribution in [3.05, 3.63) is 36.2 Å². The summed E-state index contributed by atoms with van der Waals surface area (Å²) in [5.74, 6) is 0.345. The molecule has 4 heteroatoms. The number of hydrogen-bond donors (Lipinski definition) is 1. The molecule has 3 rings (SSSR count). The quantitative estimate of drug-likeness (QED) is 0.693. The number of aromatic nitrogens is 2. The van der Waals surface area contributed by atoms with E-state index in [1.807, 2.05) is 6.07 Å². The van der Waals surface area contributed by atoms with Gasteiger partial charge in [-0.25, -0.2) is 4.98 Å². The molecule has 2 aromatic heterocycles. The van der Waals surface area contributed by atoms with E-state index in [9.17, 15) is 4.39 Å². The van der Waals surface area contributed by atoms with Crippen LogP contribution in [0.5, 0.6) is 0 Å². The summed E-state index contributed by atoms with van der Waals surface area (Å²) in [7, 11) is 0. The second-order valence-electron chi connectivity index (χ2n) is 3.85. The molecule has 0 saturated heterocycles. The average molecular weight is 191 g/mol. The highest BCUT2D eigenvalue weighted by Gasteiger charge is 2.44. The number of fused-ring (bicyclic) bond motifs is 1. The van der Waals surface area contributed by atoms with Crippen molar-refractivity contribution in [2.24, 2.45) is 5.73 Å². The summed E-state index contributed by atoms with van der Waals surface area (Å²) in [6.45, 7) is 0. The molecule has 0 radical (unpaired) electrons. The summed E-state index contributed by atoms with van der Waals surface area (Å²) >= 11 is 0. The Hall–Kier alpha value is -1.42. The van der Waals surface area contributed by atoms with E-state index < -0.39 is 5.54 Å². The zero-order chi connectivity index (χ0) is 9.76. The number of nitrogens with two attached hydrogens (primary N) is 1. The van der Waals surface area contributed by atoms with Gasteiger partial charge >= 0.3 is 0 Å². The molecule has 1 aliphatic carbocycles. The first kappa shape index (κ1) is 7.94. The first-order valence-electron chi connectivity index (χ1n) is 4.62. The maximum atomic E-state index is 13.5. The average Bonchev–Trinajstić information content (AvgIpc) is 2.77. The molecule has 14 heavy (non-hydrogen) atoms. The normalized spacial score (nSPS) is 18.7. The lowest BCUT2D eigenvalue weighted by Gasteiger charge is -2.07. The number of imidazole rings is 1. The number of nitrogens with zero attached hydrogens (tertiary/aromatic N) is 2. The lowest BCUT2D eigenvalue weighted by Crippen LogP contribution is -2.22. The van der Waals surface area contributed by atoms with Crippen LogP contribution < -0.4 is 5.73 Å². The van der Waals surface area contributed by atoms with Crippen LogP contribution >= 0.6 is 0 Å². The minimum absolute atomic E-state index is 0.299. The van der Waals surface area contributed by atoms with Crippen LogP contribution in [0.2, 0.25) is 0 Å². The highest BCUT2D eigenvalue weighted by molar-refractivity contribution is 5.47. The predicted molar refractivity (Wildman–Crippen MR) is 50.2 cm³/mol. The van der Waals surface area contributed by atoms with E-state index in [2.05, 4.69) is 4.98 Å². The second kappa shape index (κ2) is 2.33. The van der Waals surface area contributed by atoms with E-state index in [0.717, 1.165) is 18.4 Å². The van der Waals surface area contributed by atoms with Gasteiger partial charge in [-0.2, -0.15) is 4.39 Å². The molecule has 0 unspecified atom stereocenters. The van der Waals surface area contributed by atoms with Crippen LogP contribution in [0.1, 0.15) is 18.7 Å². The van der Waals surface area contributed by atoms with Gasteiger partial charge in [0.1, 0.15) is 5.82 Å². The molecule has 2 heterocycles. The molecule has 0 aliphatic heterocycles. The van der Waals surface area contributed by atoms with E-state index >= 15 is 0 Å². The van der Waals surface area contributed by atoms with Gasteiger partial charge in [0.15, 0.2) is 5.95 Å². The third-order valence-electron chi connectivity index (χ3n) is 2.74. The standard InChI is InChI=1S/C10H10FN3/c11-8-3-1-2-7-6-13-9(14(7)8)10(12)4-5-10/h1-3,6H,4-5,12H2. The van der Waals surface area contributed by atoms with Crippen LogP contribution in [0.15, 0.2) is 24.4 Å². The van der Waals surface area contributed by atoms with Crippen molar-refractivity contribution >= 4 is 5.52 Å². The molecule has 0 spiro atoms. The van der Waals surface area contributed by atoms with E-state index in [1.165, 1.54) is 10.5 Å². The van der Waals surface area contributed by atoms with Crippen LogP contribution in [0.25, 0.3) is 5.52 Å². The Labute approximate surface area is 80.4 Å².